The maximum absolute atomic E-state index is 13.3. The zero-order valence-electron chi connectivity index (χ0n) is 11.2. The van der Waals surface area contributed by atoms with Crippen LogP contribution in [0, 0.1) is 12.7 Å². The Kier molecular flexibility index (Phi) is 3.35. The van der Waals surface area contributed by atoms with E-state index < -0.39 is 0 Å². The number of nitrogens with zero attached hydrogens (tertiary/aromatic N) is 3. The van der Waals surface area contributed by atoms with Crippen LogP contribution in [0.3, 0.4) is 0 Å². The number of benzene rings is 2. The molecule has 3 rings (SSSR count). The van der Waals surface area contributed by atoms with Crippen LogP contribution in [0.2, 0.25) is 5.02 Å². The van der Waals surface area contributed by atoms with Crippen molar-refractivity contribution in [3.63, 3.8) is 0 Å². The first-order chi connectivity index (χ1) is 10.0. The Morgan fingerprint density at radius 3 is 2.71 bits per heavy atom. The summed E-state index contributed by atoms with van der Waals surface area (Å²) in [5.41, 5.74) is 9.05. The number of hydrogen-bond donors (Lipinski definition) is 1. The number of aryl methyl sites for hydroxylation is 1. The first-order valence-corrected chi connectivity index (χ1v) is 6.66. The average Bonchev–Trinajstić information content (AvgIpc) is 2.94. The fraction of sp³-hybridized carbons (Fsp3) is 0.0667. The Morgan fingerprint density at radius 2 is 2.00 bits per heavy atom. The average molecular weight is 303 g/mol. The van der Waals surface area contributed by atoms with E-state index in [1.807, 2.05) is 0 Å². The minimum absolute atomic E-state index is 0.239. The van der Waals surface area contributed by atoms with Gasteiger partial charge in [-0.15, -0.1) is 5.10 Å². The Morgan fingerprint density at radius 1 is 1.19 bits per heavy atom. The molecule has 6 heteroatoms. The number of nitrogen functional groups attached to an aromatic ring is 1. The summed E-state index contributed by atoms with van der Waals surface area (Å²) in [5, 5.41) is 8.66. The summed E-state index contributed by atoms with van der Waals surface area (Å²) in [6.07, 6.45) is 1.76. The molecule has 0 unspecified atom stereocenters. The van der Waals surface area contributed by atoms with Gasteiger partial charge in [0.15, 0.2) is 0 Å². The number of nitrogens with two attached hydrogens (primary N) is 1. The van der Waals surface area contributed by atoms with Gasteiger partial charge in [0.25, 0.3) is 0 Å². The van der Waals surface area contributed by atoms with Crippen molar-refractivity contribution in [1.82, 2.24) is 15.0 Å². The topological polar surface area (TPSA) is 56.7 Å². The van der Waals surface area contributed by atoms with Crippen LogP contribution in [0.15, 0.2) is 42.6 Å². The third-order valence-electron chi connectivity index (χ3n) is 3.19. The molecule has 0 fully saturated rings. The third-order valence-corrected chi connectivity index (χ3v) is 3.54. The van der Waals surface area contributed by atoms with Crippen molar-refractivity contribution in [2.24, 2.45) is 0 Å². The highest BCUT2D eigenvalue weighted by atomic mass is 35.5. The molecule has 0 aliphatic heterocycles. The van der Waals surface area contributed by atoms with E-state index in [0.717, 1.165) is 11.3 Å². The van der Waals surface area contributed by atoms with E-state index >= 15 is 0 Å². The van der Waals surface area contributed by atoms with Crippen LogP contribution in [0.5, 0.6) is 0 Å². The second kappa shape index (κ2) is 5.18. The molecule has 21 heavy (non-hydrogen) atoms. The van der Waals surface area contributed by atoms with Crippen LogP contribution in [0.1, 0.15) is 5.56 Å². The number of rotatable bonds is 2. The molecule has 3 aromatic rings. The van der Waals surface area contributed by atoms with Gasteiger partial charge >= 0.3 is 0 Å². The summed E-state index contributed by atoms with van der Waals surface area (Å²) in [5.74, 6) is -0.239. The van der Waals surface area contributed by atoms with Crippen LogP contribution < -0.4 is 5.73 Å². The quantitative estimate of drug-likeness (QED) is 0.736. The molecule has 0 atom stereocenters. The van der Waals surface area contributed by atoms with Gasteiger partial charge in [-0.1, -0.05) is 16.8 Å². The second-order valence-electron chi connectivity index (χ2n) is 4.72. The summed E-state index contributed by atoms with van der Waals surface area (Å²) in [4.78, 5) is 0. The maximum atomic E-state index is 13.3. The maximum Gasteiger partial charge on any atom is 0.126 e. The molecule has 0 saturated carbocycles. The molecule has 0 bridgehead atoms. The van der Waals surface area contributed by atoms with Gasteiger partial charge in [-0.3, -0.25) is 0 Å². The van der Waals surface area contributed by atoms with E-state index in [9.17, 15) is 4.39 Å². The molecule has 0 amide bonds. The fourth-order valence-corrected chi connectivity index (χ4v) is 2.12. The van der Waals surface area contributed by atoms with E-state index in [0.29, 0.717) is 22.0 Å². The Balaban J connectivity index is 1.99. The van der Waals surface area contributed by atoms with E-state index in [2.05, 4.69) is 10.3 Å². The highest BCUT2D eigenvalue weighted by Gasteiger charge is 2.08. The van der Waals surface area contributed by atoms with Gasteiger partial charge < -0.3 is 5.73 Å². The van der Waals surface area contributed by atoms with Gasteiger partial charge in [0, 0.05) is 5.56 Å². The first kappa shape index (κ1) is 13.6. The Bertz CT molecular complexity index is 747. The summed E-state index contributed by atoms with van der Waals surface area (Å²) < 4.78 is 14.9. The molecule has 1 aromatic heterocycles. The second-order valence-corrected chi connectivity index (χ2v) is 5.13. The Hall–Kier alpha value is -2.40. The minimum Gasteiger partial charge on any atom is -0.397 e. The van der Waals surface area contributed by atoms with E-state index in [-0.39, 0.29) is 5.82 Å². The molecule has 0 spiro atoms. The molecular formula is C15H12ClFN4. The lowest BCUT2D eigenvalue weighted by Crippen LogP contribution is -1.96. The minimum atomic E-state index is -0.239. The number of aromatic nitrogens is 3. The van der Waals surface area contributed by atoms with Crippen LogP contribution in [-0.2, 0) is 0 Å². The van der Waals surface area contributed by atoms with Crippen LogP contribution in [0.4, 0.5) is 10.1 Å². The number of hydrogen-bond acceptors (Lipinski definition) is 3. The smallest absolute Gasteiger partial charge is 0.126 e. The Labute approximate surface area is 126 Å². The molecule has 1 heterocycles. The van der Waals surface area contributed by atoms with Gasteiger partial charge in [0.1, 0.15) is 11.5 Å². The van der Waals surface area contributed by atoms with Gasteiger partial charge in [-0.05, 0) is 48.9 Å². The summed E-state index contributed by atoms with van der Waals surface area (Å²) in [6.45, 7) is 1.71. The van der Waals surface area contributed by atoms with E-state index in [4.69, 9.17) is 17.3 Å². The fourth-order valence-electron chi connectivity index (χ4n) is 2.00. The molecular weight excluding hydrogens is 291 g/mol. The number of anilines is 1. The molecule has 2 aromatic carbocycles. The molecule has 0 aliphatic rings. The van der Waals surface area contributed by atoms with Gasteiger partial charge in [-0.2, -0.15) is 0 Å². The predicted molar refractivity (Wildman–Crippen MR) is 80.9 cm³/mol. The van der Waals surface area contributed by atoms with Crippen LogP contribution in [-0.4, -0.2) is 15.0 Å². The van der Waals surface area contributed by atoms with Crippen molar-refractivity contribution >= 4 is 17.3 Å². The third kappa shape index (κ3) is 2.60. The van der Waals surface area contributed by atoms with Gasteiger partial charge in [0.2, 0.25) is 0 Å². The first-order valence-electron chi connectivity index (χ1n) is 6.29. The van der Waals surface area contributed by atoms with Crippen molar-refractivity contribution in [2.45, 2.75) is 6.92 Å². The molecule has 0 radical (unpaired) electrons. The number of halogens is 2. The summed E-state index contributed by atoms with van der Waals surface area (Å²) in [6, 6.07) is 10.1. The van der Waals surface area contributed by atoms with Crippen molar-refractivity contribution < 1.29 is 4.39 Å². The highest BCUT2D eigenvalue weighted by Crippen LogP contribution is 2.23. The zero-order chi connectivity index (χ0) is 15.0. The van der Waals surface area contributed by atoms with E-state index in [1.165, 1.54) is 6.07 Å². The molecule has 0 saturated heterocycles. The lowest BCUT2D eigenvalue weighted by molar-refractivity contribution is 0.619. The van der Waals surface area contributed by atoms with Crippen molar-refractivity contribution in [3.05, 3.63) is 59.0 Å². The van der Waals surface area contributed by atoms with Crippen LogP contribution >= 0.6 is 11.6 Å². The predicted octanol–water partition coefficient (Wildman–Crippen LogP) is 3.62. The zero-order valence-corrected chi connectivity index (χ0v) is 12.0. The molecule has 106 valence electrons. The molecule has 4 nitrogen and oxygen atoms in total. The van der Waals surface area contributed by atoms with E-state index in [1.54, 1.807) is 48.1 Å². The lowest BCUT2D eigenvalue weighted by Gasteiger charge is -2.03. The lowest BCUT2D eigenvalue weighted by atomic mass is 10.1. The van der Waals surface area contributed by atoms with Crippen molar-refractivity contribution in [2.75, 3.05) is 5.73 Å². The molecule has 2 N–H and O–H groups in total. The van der Waals surface area contributed by atoms with Gasteiger partial charge in [-0.25, -0.2) is 9.07 Å². The highest BCUT2D eigenvalue weighted by molar-refractivity contribution is 6.33. The summed E-state index contributed by atoms with van der Waals surface area (Å²) in [7, 11) is 0. The SMILES string of the molecule is Cc1cc(-c2cn(-c3ccc(Cl)c(N)c3)nn2)ccc1F. The molecule has 0 aliphatic carbocycles. The monoisotopic (exact) mass is 302 g/mol. The largest absolute Gasteiger partial charge is 0.397 e. The standard InChI is InChI=1S/C15H12ClFN4/c1-9-6-10(2-5-13(9)17)15-8-21(20-19-15)11-3-4-12(16)14(18)7-11/h2-8H,18H2,1H3. The normalized spacial score (nSPS) is 10.8. The van der Waals surface area contributed by atoms with Crippen molar-refractivity contribution in [1.29, 1.82) is 0 Å². The van der Waals surface area contributed by atoms with Gasteiger partial charge in [0.05, 0.1) is 22.6 Å². The summed E-state index contributed by atoms with van der Waals surface area (Å²) >= 11 is 5.90. The van der Waals surface area contributed by atoms with Crippen LogP contribution in [0.25, 0.3) is 16.9 Å². The van der Waals surface area contributed by atoms with Crippen molar-refractivity contribution in [3.8, 4) is 16.9 Å².